The molecule has 0 spiro atoms. The smallest absolute Gasteiger partial charge is 0.0568 e. The van der Waals surface area contributed by atoms with Gasteiger partial charge in [-0.3, -0.25) is 0 Å². The van der Waals surface area contributed by atoms with Crippen LogP contribution >= 0.6 is 11.5 Å². The second-order valence-corrected chi connectivity index (χ2v) is 3.20. The van der Waals surface area contributed by atoms with Crippen LogP contribution in [-0.2, 0) is 0 Å². The van der Waals surface area contributed by atoms with Gasteiger partial charge < -0.3 is 0 Å². The molecular formula is C9H8N2S. The van der Waals surface area contributed by atoms with Crippen molar-refractivity contribution in [1.29, 1.82) is 0 Å². The summed E-state index contributed by atoms with van der Waals surface area (Å²) in [5.41, 5.74) is 0. The molecule has 0 radical (unpaired) electrons. The monoisotopic (exact) mass is 176 g/mol. The number of aromatic nitrogens is 2. The summed E-state index contributed by atoms with van der Waals surface area (Å²) in [6, 6.07) is 12.2. The quantitative estimate of drug-likeness (QED) is 0.655. The Bertz CT molecular complexity index is 413. The third-order valence-electron chi connectivity index (χ3n) is 1.55. The maximum atomic E-state index is 3.95. The second-order valence-electron chi connectivity index (χ2n) is 2.37. The predicted molar refractivity (Wildman–Crippen MR) is 49.4 cm³/mol. The predicted octanol–water partition coefficient (Wildman–Crippen LogP) is 2.32. The largest absolute Gasteiger partial charge is 0.232 e. The molecule has 0 aromatic heterocycles. The molecule has 0 fully saturated rings. The molecule has 12 heavy (non-hydrogen) atoms. The highest BCUT2D eigenvalue weighted by atomic mass is 32.1. The van der Waals surface area contributed by atoms with Crippen LogP contribution in [0, 0.1) is 9.75 Å². The van der Waals surface area contributed by atoms with E-state index in [1.54, 1.807) is 0 Å². The summed E-state index contributed by atoms with van der Waals surface area (Å²) in [4.78, 5) is 0. The van der Waals surface area contributed by atoms with Crippen molar-refractivity contribution in [3.8, 4) is 0 Å². The first kappa shape index (κ1) is 7.31. The number of nitrogens with zero attached hydrogens (tertiary/aromatic N) is 1. The summed E-state index contributed by atoms with van der Waals surface area (Å²) >= 11 is 1.53. The highest BCUT2D eigenvalue weighted by Crippen LogP contribution is 1.97. The minimum atomic E-state index is 1.15. The molecule has 0 atom stereocenters. The van der Waals surface area contributed by atoms with Crippen LogP contribution in [0.4, 0.5) is 0 Å². The Kier molecular flexibility index (Phi) is 2.05. The van der Waals surface area contributed by atoms with Crippen LogP contribution in [0.2, 0.25) is 0 Å². The van der Waals surface area contributed by atoms with E-state index in [1.807, 2.05) is 36.5 Å². The molecule has 60 valence electrons. The lowest BCUT2D eigenvalue weighted by atomic mass is 10.3. The van der Waals surface area contributed by atoms with Crippen LogP contribution in [0.5, 0.6) is 0 Å². The third-order valence-corrected chi connectivity index (χ3v) is 2.34. The summed E-state index contributed by atoms with van der Waals surface area (Å²) in [7, 11) is 0. The first-order valence-corrected chi connectivity index (χ1v) is 4.49. The molecule has 0 aromatic carbocycles. The van der Waals surface area contributed by atoms with E-state index in [9.17, 15) is 0 Å². The van der Waals surface area contributed by atoms with E-state index >= 15 is 0 Å². The fourth-order valence-electron chi connectivity index (χ4n) is 0.980. The van der Waals surface area contributed by atoms with Gasteiger partial charge in [-0.2, -0.15) is 5.10 Å². The van der Waals surface area contributed by atoms with Gasteiger partial charge in [0.2, 0.25) is 0 Å². The van der Waals surface area contributed by atoms with E-state index in [4.69, 9.17) is 0 Å². The van der Waals surface area contributed by atoms with Crippen molar-refractivity contribution in [3.05, 3.63) is 52.3 Å². The minimum absolute atomic E-state index is 1.15. The van der Waals surface area contributed by atoms with Crippen molar-refractivity contribution in [2.45, 2.75) is 0 Å². The van der Waals surface area contributed by atoms with E-state index in [0.29, 0.717) is 0 Å². The standard InChI is InChI=1S/C9H8N2S/c1-2-4-6-9-8(5-3-1)7-10-11-12-9/h1-7,11H. The van der Waals surface area contributed by atoms with Gasteiger partial charge in [0, 0.05) is 5.22 Å². The zero-order valence-corrected chi connectivity index (χ0v) is 7.21. The van der Waals surface area contributed by atoms with Gasteiger partial charge in [-0.15, -0.1) is 0 Å². The average Bonchev–Trinajstić information content (AvgIpc) is 2.06. The Balaban J connectivity index is 2.95. The fraction of sp³-hybridized carbons (Fsp3) is 0. The van der Waals surface area contributed by atoms with Gasteiger partial charge in [-0.25, -0.2) is 4.49 Å². The molecule has 0 saturated heterocycles. The molecule has 1 heterocycles. The molecule has 0 amide bonds. The Morgan fingerprint density at radius 2 is 1.92 bits per heavy atom. The zero-order valence-electron chi connectivity index (χ0n) is 6.40. The summed E-state index contributed by atoms with van der Waals surface area (Å²) in [6.07, 6.45) is 1.83. The van der Waals surface area contributed by atoms with E-state index in [2.05, 4.69) is 15.7 Å². The number of nitrogens with one attached hydrogen (secondary N) is 1. The van der Waals surface area contributed by atoms with Crippen LogP contribution in [0.25, 0.3) is 0 Å². The maximum absolute atomic E-state index is 3.95. The zero-order chi connectivity index (χ0) is 8.23. The Morgan fingerprint density at radius 1 is 1.08 bits per heavy atom. The second kappa shape index (κ2) is 3.36. The van der Waals surface area contributed by atoms with Crippen LogP contribution < -0.4 is 0 Å². The van der Waals surface area contributed by atoms with Crippen molar-refractivity contribution < 1.29 is 0 Å². The summed E-state index contributed by atoms with van der Waals surface area (Å²) in [6.45, 7) is 0. The van der Waals surface area contributed by atoms with Crippen LogP contribution in [-0.4, -0.2) is 9.59 Å². The normalized spacial score (nSPS) is 9.67. The molecule has 3 heteroatoms. The molecule has 2 rings (SSSR count). The molecule has 0 saturated carbocycles. The molecule has 1 aliphatic carbocycles. The number of H-pyrrole nitrogens is 1. The van der Waals surface area contributed by atoms with E-state index in [0.717, 1.165) is 5.22 Å². The number of hydrogen-bond acceptors (Lipinski definition) is 2. The minimum Gasteiger partial charge on any atom is -0.232 e. The van der Waals surface area contributed by atoms with Gasteiger partial charge in [0.15, 0.2) is 0 Å². The van der Waals surface area contributed by atoms with Crippen LogP contribution in [0.15, 0.2) is 42.6 Å². The molecule has 1 N–H and O–H groups in total. The topological polar surface area (TPSA) is 28.7 Å². The molecule has 2 aliphatic rings. The Hall–Kier alpha value is -1.35. The van der Waals surface area contributed by atoms with Gasteiger partial charge in [0.1, 0.15) is 0 Å². The third kappa shape index (κ3) is 1.46. The number of rotatable bonds is 0. The summed E-state index contributed by atoms with van der Waals surface area (Å²) in [5.74, 6) is 0. The fourth-order valence-corrected chi connectivity index (χ4v) is 1.57. The average molecular weight is 176 g/mol. The van der Waals surface area contributed by atoms with Crippen molar-refractivity contribution >= 4 is 11.5 Å². The highest BCUT2D eigenvalue weighted by molar-refractivity contribution is 7.03. The van der Waals surface area contributed by atoms with Crippen molar-refractivity contribution in [2.24, 2.45) is 0 Å². The molecule has 0 unspecified atom stereocenters. The lowest BCUT2D eigenvalue weighted by Gasteiger charge is -1.85. The van der Waals surface area contributed by atoms with Gasteiger partial charge in [0.05, 0.1) is 10.7 Å². The van der Waals surface area contributed by atoms with E-state index < -0.39 is 0 Å². The molecule has 0 bridgehead atoms. The van der Waals surface area contributed by atoms with Crippen molar-refractivity contribution in [1.82, 2.24) is 9.59 Å². The van der Waals surface area contributed by atoms with Crippen molar-refractivity contribution in [2.75, 3.05) is 0 Å². The van der Waals surface area contributed by atoms with Gasteiger partial charge in [0.25, 0.3) is 0 Å². The van der Waals surface area contributed by atoms with E-state index in [1.165, 1.54) is 16.1 Å². The van der Waals surface area contributed by atoms with Crippen LogP contribution in [0.1, 0.15) is 0 Å². The molecular weight excluding hydrogens is 168 g/mol. The van der Waals surface area contributed by atoms with Gasteiger partial charge in [-0.1, -0.05) is 30.3 Å². The van der Waals surface area contributed by atoms with E-state index in [-0.39, 0.29) is 0 Å². The van der Waals surface area contributed by atoms with Crippen LogP contribution in [0.3, 0.4) is 0 Å². The van der Waals surface area contributed by atoms with Gasteiger partial charge >= 0.3 is 0 Å². The molecule has 2 nitrogen and oxygen atoms in total. The molecule has 0 aromatic rings. The summed E-state index contributed by atoms with van der Waals surface area (Å²) in [5, 5.41) is 5.11. The lowest BCUT2D eigenvalue weighted by Crippen LogP contribution is -1.75. The highest BCUT2D eigenvalue weighted by Gasteiger charge is 1.81. The first-order valence-electron chi connectivity index (χ1n) is 3.67. The first-order chi connectivity index (χ1) is 5.97. The maximum Gasteiger partial charge on any atom is 0.0568 e. The van der Waals surface area contributed by atoms with Gasteiger partial charge in [-0.05, 0) is 17.6 Å². The Morgan fingerprint density at radius 3 is 2.83 bits per heavy atom. The van der Waals surface area contributed by atoms with Crippen molar-refractivity contribution in [3.63, 3.8) is 0 Å². The lowest BCUT2D eigenvalue weighted by molar-refractivity contribution is 1.11. The molecule has 1 aliphatic heterocycles. The summed E-state index contributed by atoms with van der Waals surface area (Å²) < 4.78 is 4.05. The number of hydrogen-bond donors (Lipinski definition) is 1. The number of aromatic amines is 1. The Labute approximate surface area is 74.0 Å². The SMILES string of the molecule is c1cccc2s[nH]ncc=2cc1.